The molecular formula is C23H37N3O3. The Kier molecular flexibility index (Phi) is 11.7. The van der Waals surface area contributed by atoms with Gasteiger partial charge in [-0.2, -0.15) is 0 Å². The quantitative estimate of drug-likeness (QED) is 0.488. The standard InChI is InChI=1S/C23H37N3O3/c1-5-6-7-8-9-10-11-23(29)26(18(2)3)17-22(28)24-16-21(27)25-20-14-12-19(4)13-15-20/h12-15,18H,5-11,16-17H2,1-4H3,(H,24,28)(H,25,27). The van der Waals surface area contributed by atoms with Gasteiger partial charge < -0.3 is 15.5 Å². The highest BCUT2D eigenvalue weighted by molar-refractivity contribution is 5.95. The van der Waals surface area contributed by atoms with Crippen molar-refractivity contribution < 1.29 is 14.4 Å². The van der Waals surface area contributed by atoms with Crippen LogP contribution in [0.5, 0.6) is 0 Å². The lowest BCUT2D eigenvalue weighted by Crippen LogP contribution is -2.45. The number of amides is 3. The lowest BCUT2D eigenvalue weighted by molar-refractivity contribution is -0.138. The molecule has 0 aliphatic carbocycles. The minimum Gasteiger partial charge on any atom is -0.345 e. The van der Waals surface area contributed by atoms with Crippen LogP contribution in [0.25, 0.3) is 0 Å². The second-order valence-corrected chi connectivity index (χ2v) is 7.82. The minimum atomic E-state index is -0.325. The highest BCUT2D eigenvalue weighted by atomic mass is 16.2. The SMILES string of the molecule is CCCCCCCCC(=O)N(CC(=O)NCC(=O)Nc1ccc(C)cc1)C(C)C. The van der Waals surface area contributed by atoms with E-state index in [9.17, 15) is 14.4 Å². The highest BCUT2D eigenvalue weighted by Crippen LogP contribution is 2.10. The van der Waals surface area contributed by atoms with Crippen molar-refractivity contribution in [1.82, 2.24) is 10.2 Å². The van der Waals surface area contributed by atoms with Crippen LogP contribution in [0.2, 0.25) is 0 Å². The Morgan fingerprint density at radius 1 is 0.931 bits per heavy atom. The summed E-state index contributed by atoms with van der Waals surface area (Å²) in [5.41, 5.74) is 1.79. The first-order valence-corrected chi connectivity index (χ1v) is 10.8. The Morgan fingerprint density at radius 3 is 2.17 bits per heavy atom. The summed E-state index contributed by atoms with van der Waals surface area (Å²) in [7, 11) is 0. The maximum atomic E-state index is 12.5. The molecule has 0 spiro atoms. The van der Waals surface area contributed by atoms with E-state index in [1.807, 2.05) is 45.0 Å². The highest BCUT2D eigenvalue weighted by Gasteiger charge is 2.20. The Hall–Kier alpha value is -2.37. The van der Waals surface area contributed by atoms with Crippen molar-refractivity contribution >= 4 is 23.4 Å². The van der Waals surface area contributed by atoms with Crippen LogP contribution in [0.4, 0.5) is 5.69 Å². The van der Waals surface area contributed by atoms with Crippen LogP contribution < -0.4 is 10.6 Å². The fraction of sp³-hybridized carbons (Fsp3) is 0.609. The van der Waals surface area contributed by atoms with Gasteiger partial charge in [-0.05, 0) is 39.3 Å². The predicted molar refractivity (Wildman–Crippen MR) is 118 cm³/mol. The number of nitrogens with zero attached hydrogens (tertiary/aromatic N) is 1. The second kappa shape index (κ2) is 13.7. The van der Waals surface area contributed by atoms with Gasteiger partial charge >= 0.3 is 0 Å². The number of hydrogen-bond donors (Lipinski definition) is 2. The Morgan fingerprint density at radius 2 is 1.55 bits per heavy atom. The van der Waals surface area contributed by atoms with E-state index >= 15 is 0 Å². The minimum absolute atomic E-state index is 0.00486. The Balaban J connectivity index is 2.36. The summed E-state index contributed by atoms with van der Waals surface area (Å²) in [6.07, 6.45) is 7.17. The molecule has 29 heavy (non-hydrogen) atoms. The van der Waals surface area contributed by atoms with E-state index < -0.39 is 0 Å². The molecule has 0 fully saturated rings. The molecule has 6 heteroatoms. The van der Waals surface area contributed by atoms with Crippen LogP contribution in [-0.4, -0.2) is 41.8 Å². The molecule has 162 valence electrons. The first kappa shape index (κ1) is 24.7. The number of hydrogen-bond acceptors (Lipinski definition) is 3. The van der Waals surface area contributed by atoms with Gasteiger partial charge in [-0.25, -0.2) is 0 Å². The fourth-order valence-corrected chi connectivity index (χ4v) is 2.99. The average Bonchev–Trinajstić information content (AvgIpc) is 2.68. The van der Waals surface area contributed by atoms with Crippen molar-refractivity contribution in [3.8, 4) is 0 Å². The van der Waals surface area contributed by atoms with Gasteiger partial charge in [0, 0.05) is 18.2 Å². The van der Waals surface area contributed by atoms with E-state index in [1.54, 1.807) is 4.90 Å². The summed E-state index contributed by atoms with van der Waals surface area (Å²) in [5.74, 6) is -0.625. The summed E-state index contributed by atoms with van der Waals surface area (Å²) in [6.45, 7) is 7.81. The molecule has 6 nitrogen and oxygen atoms in total. The molecular weight excluding hydrogens is 366 g/mol. The summed E-state index contributed by atoms with van der Waals surface area (Å²) in [4.78, 5) is 38.3. The van der Waals surface area contributed by atoms with Gasteiger partial charge in [0.2, 0.25) is 17.7 Å². The van der Waals surface area contributed by atoms with E-state index in [2.05, 4.69) is 17.6 Å². The van der Waals surface area contributed by atoms with E-state index in [0.29, 0.717) is 12.1 Å². The Bertz CT molecular complexity index is 641. The molecule has 0 saturated carbocycles. The molecule has 2 N–H and O–H groups in total. The van der Waals surface area contributed by atoms with Gasteiger partial charge in [-0.15, -0.1) is 0 Å². The molecule has 3 amide bonds. The molecule has 0 bridgehead atoms. The second-order valence-electron chi connectivity index (χ2n) is 7.82. The number of carbonyl (C=O) groups is 3. The molecule has 0 saturated heterocycles. The number of aryl methyl sites for hydroxylation is 1. The van der Waals surface area contributed by atoms with Gasteiger partial charge in [0.25, 0.3) is 0 Å². The molecule has 0 aliphatic rings. The molecule has 0 aliphatic heterocycles. The number of unbranched alkanes of at least 4 members (excludes halogenated alkanes) is 5. The van der Waals surface area contributed by atoms with E-state index in [0.717, 1.165) is 24.8 Å². The third kappa shape index (κ3) is 10.7. The third-order valence-corrected chi connectivity index (χ3v) is 4.78. The molecule has 0 unspecified atom stereocenters. The van der Waals surface area contributed by atoms with Crippen LogP contribution >= 0.6 is 0 Å². The van der Waals surface area contributed by atoms with Crippen LogP contribution in [-0.2, 0) is 14.4 Å². The molecule has 1 aromatic carbocycles. The summed E-state index contributed by atoms with van der Waals surface area (Å²) < 4.78 is 0. The van der Waals surface area contributed by atoms with Crippen molar-refractivity contribution in [3.63, 3.8) is 0 Å². The first-order chi connectivity index (χ1) is 13.8. The normalized spacial score (nSPS) is 10.7. The zero-order valence-corrected chi connectivity index (χ0v) is 18.4. The molecule has 0 atom stereocenters. The number of carbonyl (C=O) groups excluding carboxylic acids is 3. The van der Waals surface area contributed by atoms with E-state index in [-0.39, 0.29) is 36.9 Å². The number of rotatable bonds is 13. The maximum Gasteiger partial charge on any atom is 0.243 e. The lowest BCUT2D eigenvalue weighted by Gasteiger charge is -2.26. The molecule has 0 aromatic heterocycles. The van der Waals surface area contributed by atoms with Crippen molar-refractivity contribution in [2.75, 3.05) is 18.4 Å². The third-order valence-electron chi connectivity index (χ3n) is 4.78. The van der Waals surface area contributed by atoms with Crippen molar-refractivity contribution in [2.45, 2.75) is 78.7 Å². The first-order valence-electron chi connectivity index (χ1n) is 10.8. The Labute approximate surface area is 175 Å². The topological polar surface area (TPSA) is 78.5 Å². The van der Waals surface area contributed by atoms with Crippen LogP contribution in [0, 0.1) is 6.92 Å². The molecule has 0 heterocycles. The van der Waals surface area contributed by atoms with Gasteiger partial charge in [-0.1, -0.05) is 56.7 Å². The number of nitrogens with one attached hydrogen (secondary N) is 2. The summed E-state index contributed by atoms with van der Waals surface area (Å²) in [5, 5.41) is 5.34. The fourth-order valence-electron chi connectivity index (χ4n) is 2.99. The number of anilines is 1. The summed E-state index contributed by atoms with van der Waals surface area (Å²) in [6, 6.07) is 7.39. The zero-order chi connectivity index (χ0) is 21.6. The van der Waals surface area contributed by atoms with Gasteiger partial charge in [0.15, 0.2) is 0 Å². The van der Waals surface area contributed by atoms with Gasteiger partial charge in [0.1, 0.15) is 0 Å². The smallest absolute Gasteiger partial charge is 0.243 e. The van der Waals surface area contributed by atoms with Crippen LogP contribution in [0.3, 0.4) is 0 Å². The largest absolute Gasteiger partial charge is 0.345 e. The lowest BCUT2D eigenvalue weighted by atomic mass is 10.1. The molecule has 0 radical (unpaired) electrons. The molecule has 1 aromatic rings. The summed E-state index contributed by atoms with van der Waals surface area (Å²) >= 11 is 0. The van der Waals surface area contributed by atoms with Crippen LogP contribution in [0.1, 0.15) is 71.3 Å². The maximum absolute atomic E-state index is 12.5. The monoisotopic (exact) mass is 403 g/mol. The number of benzene rings is 1. The predicted octanol–water partition coefficient (Wildman–Crippen LogP) is 4.04. The zero-order valence-electron chi connectivity index (χ0n) is 18.4. The van der Waals surface area contributed by atoms with E-state index in [4.69, 9.17) is 0 Å². The van der Waals surface area contributed by atoms with E-state index in [1.165, 1.54) is 19.3 Å². The average molecular weight is 404 g/mol. The van der Waals surface area contributed by atoms with Crippen molar-refractivity contribution in [2.24, 2.45) is 0 Å². The van der Waals surface area contributed by atoms with Crippen molar-refractivity contribution in [3.05, 3.63) is 29.8 Å². The molecule has 1 rings (SSSR count). The van der Waals surface area contributed by atoms with Crippen molar-refractivity contribution in [1.29, 1.82) is 0 Å². The van der Waals surface area contributed by atoms with Crippen LogP contribution in [0.15, 0.2) is 24.3 Å². The van der Waals surface area contributed by atoms with Gasteiger partial charge in [0.05, 0.1) is 13.1 Å². The van der Waals surface area contributed by atoms with Gasteiger partial charge in [-0.3, -0.25) is 14.4 Å².